The van der Waals surface area contributed by atoms with E-state index in [9.17, 15) is 35.9 Å². The fourth-order valence-corrected chi connectivity index (χ4v) is 2.43. The molecule has 0 aliphatic rings. The maximum atomic E-state index is 14.1. The Labute approximate surface area is 157 Å². The Kier molecular flexibility index (Phi) is 8.52. The van der Waals surface area contributed by atoms with Crippen LogP contribution in [0.1, 0.15) is 37.3 Å². The summed E-state index contributed by atoms with van der Waals surface area (Å²) >= 11 is 0. The van der Waals surface area contributed by atoms with Gasteiger partial charge in [-0.25, -0.2) is 4.39 Å². The minimum absolute atomic E-state index is 0.129. The molecule has 1 unspecified atom stereocenters. The SMILES string of the molecule is CCOC(=O)C(CC(C(F)=C(F)F)c1ccc(C(F)(F)F)cc1)C(=O)OCC. The molecule has 28 heavy (non-hydrogen) atoms. The maximum absolute atomic E-state index is 14.1. The van der Waals surface area contributed by atoms with Crippen LogP contribution >= 0.6 is 0 Å². The number of ether oxygens (including phenoxy) is 2. The molecule has 1 aromatic rings. The molecule has 0 aromatic heterocycles. The molecule has 4 nitrogen and oxygen atoms in total. The van der Waals surface area contributed by atoms with Gasteiger partial charge in [0.25, 0.3) is 0 Å². The van der Waals surface area contributed by atoms with Crippen molar-refractivity contribution in [2.75, 3.05) is 13.2 Å². The molecule has 0 saturated carbocycles. The number of esters is 2. The van der Waals surface area contributed by atoms with Gasteiger partial charge in [-0.1, -0.05) is 12.1 Å². The molecule has 10 heteroatoms. The highest BCUT2D eigenvalue weighted by molar-refractivity contribution is 5.95. The van der Waals surface area contributed by atoms with E-state index < -0.39 is 53.8 Å². The van der Waals surface area contributed by atoms with Crippen molar-refractivity contribution < 1.29 is 45.4 Å². The first kappa shape index (κ1) is 23.5. The van der Waals surface area contributed by atoms with Gasteiger partial charge >= 0.3 is 24.2 Å². The molecule has 1 atom stereocenters. The van der Waals surface area contributed by atoms with Crippen LogP contribution in [0.4, 0.5) is 26.3 Å². The van der Waals surface area contributed by atoms with E-state index in [4.69, 9.17) is 9.47 Å². The number of halogens is 6. The van der Waals surface area contributed by atoms with E-state index in [2.05, 4.69) is 0 Å². The van der Waals surface area contributed by atoms with Crippen molar-refractivity contribution in [1.29, 1.82) is 0 Å². The maximum Gasteiger partial charge on any atom is 0.416 e. The molecule has 1 rings (SSSR count). The molecule has 0 saturated heterocycles. The third-order valence-corrected chi connectivity index (χ3v) is 3.74. The highest BCUT2D eigenvalue weighted by Gasteiger charge is 2.36. The van der Waals surface area contributed by atoms with Crippen LogP contribution in [0.15, 0.2) is 36.2 Å². The first-order valence-corrected chi connectivity index (χ1v) is 8.23. The van der Waals surface area contributed by atoms with Crippen LogP contribution in [0.5, 0.6) is 0 Å². The summed E-state index contributed by atoms with van der Waals surface area (Å²) in [6, 6.07) is 2.80. The zero-order chi connectivity index (χ0) is 21.5. The normalized spacial score (nSPS) is 12.5. The summed E-state index contributed by atoms with van der Waals surface area (Å²) in [6.45, 7) is 2.62. The van der Waals surface area contributed by atoms with Gasteiger partial charge in [-0.15, -0.1) is 0 Å². The quantitative estimate of drug-likeness (QED) is 0.343. The fraction of sp³-hybridized carbons (Fsp3) is 0.444. The Hall–Kier alpha value is -2.52. The van der Waals surface area contributed by atoms with Gasteiger partial charge in [0.1, 0.15) is 0 Å². The summed E-state index contributed by atoms with van der Waals surface area (Å²) < 4.78 is 87.2. The van der Waals surface area contributed by atoms with E-state index in [1.807, 2.05) is 0 Å². The van der Waals surface area contributed by atoms with Crippen LogP contribution in [-0.4, -0.2) is 25.2 Å². The Morgan fingerprint density at radius 3 is 1.75 bits per heavy atom. The highest BCUT2D eigenvalue weighted by atomic mass is 19.4. The van der Waals surface area contributed by atoms with Crippen molar-refractivity contribution in [1.82, 2.24) is 0 Å². The van der Waals surface area contributed by atoms with E-state index in [-0.39, 0.29) is 18.8 Å². The second-order valence-corrected chi connectivity index (χ2v) is 5.57. The first-order valence-electron chi connectivity index (χ1n) is 8.23. The average Bonchev–Trinajstić information content (AvgIpc) is 2.61. The lowest BCUT2D eigenvalue weighted by atomic mass is 9.87. The van der Waals surface area contributed by atoms with Gasteiger partial charge in [-0.2, -0.15) is 22.0 Å². The summed E-state index contributed by atoms with van der Waals surface area (Å²) in [7, 11) is 0. The zero-order valence-corrected chi connectivity index (χ0v) is 15.0. The van der Waals surface area contributed by atoms with Gasteiger partial charge in [-0.05, 0) is 38.0 Å². The molecule has 156 valence electrons. The van der Waals surface area contributed by atoms with E-state index in [0.717, 1.165) is 12.1 Å². The molecule has 0 aliphatic carbocycles. The van der Waals surface area contributed by atoms with Crippen molar-refractivity contribution in [2.45, 2.75) is 32.4 Å². The summed E-state index contributed by atoms with van der Waals surface area (Å²) in [5, 5.41) is 0. The van der Waals surface area contributed by atoms with E-state index in [1.54, 1.807) is 0 Å². The number of benzene rings is 1. The number of carbonyl (C=O) groups is 2. The fourth-order valence-electron chi connectivity index (χ4n) is 2.43. The number of allylic oxidation sites excluding steroid dienone is 1. The van der Waals surface area contributed by atoms with Gasteiger partial charge in [0.15, 0.2) is 11.7 Å². The number of carbonyl (C=O) groups excluding carboxylic acids is 2. The molecule has 0 bridgehead atoms. The standard InChI is InChI=1S/C18H18F6O4/c1-3-27-16(25)13(17(26)28-4-2)9-12(14(19)15(20)21)10-5-7-11(8-6-10)18(22,23)24/h5-8,12-13H,3-4,9H2,1-2H3. The van der Waals surface area contributed by atoms with Crippen molar-refractivity contribution in [3.05, 3.63) is 47.3 Å². The van der Waals surface area contributed by atoms with Crippen LogP contribution in [-0.2, 0) is 25.2 Å². The smallest absolute Gasteiger partial charge is 0.416 e. The van der Waals surface area contributed by atoms with Crippen LogP contribution in [0.25, 0.3) is 0 Å². The number of hydrogen-bond donors (Lipinski definition) is 0. The molecule has 0 amide bonds. The third-order valence-electron chi connectivity index (χ3n) is 3.74. The van der Waals surface area contributed by atoms with Crippen LogP contribution in [0, 0.1) is 5.92 Å². The largest absolute Gasteiger partial charge is 0.465 e. The molecule has 0 N–H and O–H groups in total. The highest BCUT2D eigenvalue weighted by Crippen LogP contribution is 2.37. The van der Waals surface area contributed by atoms with Crippen LogP contribution in [0.2, 0.25) is 0 Å². The lowest BCUT2D eigenvalue weighted by molar-refractivity contribution is -0.162. The molecular formula is C18H18F6O4. The van der Waals surface area contributed by atoms with E-state index in [0.29, 0.717) is 12.1 Å². The minimum atomic E-state index is -4.67. The lowest BCUT2D eigenvalue weighted by Crippen LogP contribution is -2.30. The topological polar surface area (TPSA) is 52.6 Å². The molecule has 0 fully saturated rings. The molecule has 1 aromatic carbocycles. The van der Waals surface area contributed by atoms with E-state index >= 15 is 0 Å². The lowest BCUT2D eigenvalue weighted by Gasteiger charge is -2.21. The van der Waals surface area contributed by atoms with Gasteiger partial charge in [0, 0.05) is 5.92 Å². The Bertz CT molecular complexity index is 690. The second kappa shape index (κ2) is 10.1. The van der Waals surface area contributed by atoms with Crippen molar-refractivity contribution in [3.8, 4) is 0 Å². The van der Waals surface area contributed by atoms with Crippen molar-refractivity contribution in [3.63, 3.8) is 0 Å². The van der Waals surface area contributed by atoms with Gasteiger partial charge in [0.05, 0.1) is 18.8 Å². The van der Waals surface area contributed by atoms with E-state index in [1.165, 1.54) is 13.8 Å². The number of alkyl halides is 3. The second-order valence-electron chi connectivity index (χ2n) is 5.57. The Morgan fingerprint density at radius 2 is 1.39 bits per heavy atom. The predicted molar refractivity (Wildman–Crippen MR) is 85.9 cm³/mol. The monoisotopic (exact) mass is 412 g/mol. The Balaban J connectivity index is 3.31. The minimum Gasteiger partial charge on any atom is -0.465 e. The van der Waals surface area contributed by atoms with Gasteiger partial charge in [0.2, 0.25) is 0 Å². The summed E-state index contributed by atoms with van der Waals surface area (Å²) in [6.07, 6.45) is -8.19. The van der Waals surface area contributed by atoms with Crippen molar-refractivity contribution >= 4 is 11.9 Å². The molecule has 0 radical (unpaired) electrons. The molecular weight excluding hydrogens is 394 g/mol. The van der Waals surface area contributed by atoms with Crippen LogP contribution in [0.3, 0.4) is 0 Å². The third kappa shape index (κ3) is 6.28. The predicted octanol–water partition coefficient (Wildman–Crippen LogP) is 5.00. The molecule has 0 spiro atoms. The molecule has 0 aliphatic heterocycles. The van der Waals surface area contributed by atoms with Gasteiger partial charge < -0.3 is 9.47 Å². The average molecular weight is 412 g/mol. The molecule has 0 heterocycles. The van der Waals surface area contributed by atoms with Crippen molar-refractivity contribution in [2.24, 2.45) is 5.92 Å². The number of hydrogen-bond acceptors (Lipinski definition) is 4. The number of rotatable bonds is 8. The Morgan fingerprint density at radius 1 is 0.929 bits per heavy atom. The summed E-state index contributed by atoms with van der Waals surface area (Å²) in [5.74, 6) is -7.74. The summed E-state index contributed by atoms with van der Waals surface area (Å²) in [4.78, 5) is 24.0. The summed E-state index contributed by atoms with van der Waals surface area (Å²) in [5.41, 5.74) is -1.33. The van der Waals surface area contributed by atoms with Crippen LogP contribution < -0.4 is 0 Å². The van der Waals surface area contributed by atoms with Gasteiger partial charge in [-0.3, -0.25) is 9.59 Å². The zero-order valence-electron chi connectivity index (χ0n) is 15.0. The first-order chi connectivity index (χ1) is 13.0.